The summed E-state index contributed by atoms with van der Waals surface area (Å²) in [6.45, 7) is 9.28. The summed E-state index contributed by atoms with van der Waals surface area (Å²) in [5.41, 5.74) is 4.98. The first-order valence-electron chi connectivity index (χ1n) is 11.5. The molecular formula is C24H38N4O6. The SMILES string of the molecule is CCCCCNC(=O)C(c1ccc(O)cc1)N(CC)C(=O)C(CC(N)=O)NC(=O)OC(C)(C)C. The maximum atomic E-state index is 13.5. The van der Waals surface area contributed by atoms with E-state index in [1.807, 2.05) is 0 Å². The van der Waals surface area contributed by atoms with E-state index in [1.54, 1.807) is 39.8 Å². The summed E-state index contributed by atoms with van der Waals surface area (Å²) in [5, 5.41) is 14.9. The van der Waals surface area contributed by atoms with Crippen LogP contribution in [-0.4, -0.2) is 58.6 Å². The number of nitrogens with one attached hydrogen (secondary N) is 2. The van der Waals surface area contributed by atoms with Gasteiger partial charge in [0.1, 0.15) is 23.4 Å². The molecule has 10 heteroatoms. The maximum Gasteiger partial charge on any atom is 0.408 e. The highest BCUT2D eigenvalue weighted by molar-refractivity contribution is 5.94. The maximum absolute atomic E-state index is 13.5. The van der Waals surface area contributed by atoms with Crippen LogP contribution in [-0.2, 0) is 19.1 Å². The number of nitrogens with zero attached hydrogens (tertiary/aromatic N) is 1. The second-order valence-electron chi connectivity index (χ2n) is 8.99. The zero-order valence-corrected chi connectivity index (χ0v) is 20.7. The second kappa shape index (κ2) is 13.4. The van der Waals surface area contributed by atoms with Crippen LogP contribution in [0.1, 0.15) is 71.9 Å². The van der Waals surface area contributed by atoms with Gasteiger partial charge in [-0.2, -0.15) is 0 Å². The van der Waals surface area contributed by atoms with Gasteiger partial charge in [-0.3, -0.25) is 14.4 Å². The minimum atomic E-state index is -1.32. The molecule has 10 nitrogen and oxygen atoms in total. The van der Waals surface area contributed by atoms with Crippen molar-refractivity contribution in [3.05, 3.63) is 29.8 Å². The minimum Gasteiger partial charge on any atom is -0.508 e. The minimum absolute atomic E-state index is 0.0124. The van der Waals surface area contributed by atoms with Gasteiger partial charge < -0.3 is 31.1 Å². The molecule has 0 aliphatic rings. The van der Waals surface area contributed by atoms with Crippen molar-refractivity contribution in [2.75, 3.05) is 13.1 Å². The summed E-state index contributed by atoms with van der Waals surface area (Å²) < 4.78 is 5.22. The Morgan fingerprint density at radius 3 is 2.21 bits per heavy atom. The molecule has 0 aliphatic heterocycles. The van der Waals surface area contributed by atoms with Gasteiger partial charge in [0.25, 0.3) is 0 Å². The number of aromatic hydroxyl groups is 1. The molecular weight excluding hydrogens is 440 g/mol. The highest BCUT2D eigenvalue weighted by atomic mass is 16.6. The second-order valence-corrected chi connectivity index (χ2v) is 8.99. The Hall–Kier alpha value is -3.30. The smallest absolute Gasteiger partial charge is 0.408 e. The van der Waals surface area contributed by atoms with Crippen LogP contribution >= 0.6 is 0 Å². The van der Waals surface area contributed by atoms with E-state index in [-0.39, 0.29) is 12.3 Å². The number of hydrogen-bond donors (Lipinski definition) is 4. The average Bonchev–Trinajstić information content (AvgIpc) is 2.73. The van der Waals surface area contributed by atoms with Crippen molar-refractivity contribution in [2.45, 2.75) is 78.0 Å². The van der Waals surface area contributed by atoms with Gasteiger partial charge in [-0.05, 0) is 51.8 Å². The predicted octanol–water partition coefficient (Wildman–Crippen LogP) is 2.36. The van der Waals surface area contributed by atoms with Gasteiger partial charge in [0.2, 0.25) is 17.7 Å². The van der Waals surface area contributed by atoms with Crippen molar-refractivity contribution in [2.24, 2.45) is 5.73 Å². The zero-order chi connectivity index (χ0) is 25.9. The first-order valence-corrected chi connectivity index (χ1v) is 11.5. The van der Waals surface area contributed by atoms with Gasteiger partial charge >= 0.3 is 6.09 Å². The summed E-state index contributed by atoms with van der Waals surface area (Å²) in [7, 11) is 0. The molecule has 4 amide bonds. The Bertz CT molecular complexity index is 835. The van der Waals surface area contributed by atoms with Crippen molar-refractivity contribution in [1.82, 2.24) is 15.5 Å². The zero-order valence-electron chi connectivity index (χ0n) is 20.7. The summed E-state index contributed by atoms with van der Waals surface area (Å²) in [6, 6.07) is 3.57. The van der Waals surface area contributed by atoms with E-state index in [0.717, 1.165) is 19.3 Å². The number of unbranched alkanes of at least 4 members (excludes halogenated alkanes) is 2. The number of rotatable bonds is 12. The van der Waals surface area contributed by atoms with E-state index in [4.69, 9.17) is 10.5 Å². The lowest BCUT2D eigenvalue weighted by atomic mass is 10.0. The highest BCUT2D eigenvalue weighted by Gasteiger charge is 2.36. The average molecular weight is 479 g/mol. The summed E-state index contributed by atoms with van der Waals surface area (Å²) in [5.74, 6) is -1.85. The van der Waals surface area contributed by atoms with E-state index in [0.29, 0.717) is 12.1 Å². The van der Waals surface area contributed by atoms with E-state index in [2.05, 4.69) is 17.6 Å². The number of nitrogens with two attached hydrogens (primary N) is 1. The van der Waals surface area contributed by atoms with Crippen LogP contribution in [0.25, 0.3) is 0 Å². The molecule has 1 aromatic rings. The molecule has 0 spiro atoms. The van der Waals surface area contributed by atoms with Crippen molar-refractivity contribution >= 4 is 23.8 Å². The lowest BCUT2D eigenvalue weighted by Crippen LogP contribution is -2.54. The van der Waals surface area contributed by atoms with Gasteiger partial charge in [-0.1, -0.05) is 31.9 Å². The summed E-state index contributed by atoms with van der Waals surface area (Å²) >= 11 is 0. The molecule has 1 rings (SSSR count). The number of alkyl carbamates (subject to hydrolysis) is 1. The standard InChI is InChI=1S/C24H38N4O6/c1-6-8-9-14-26-21(31)20(16-10-12-17(29)13-11-16)28(7-2)22(32)18(15-19(25)30)27-23(33)34-24(3,4)5/h10-13,18,20,29H,6-9,14-15H2,1-5H3,(H2,25,30)(H,26,31)(H,27,33). The highest BCUT2D eigenvalue weighted by Crippen LogP contribution is 2.24. The number of phenolic OH excluding ortho intramolecular Hbond substituents is 1. The molecule has 0 aliphatic carbocycles. The van der Waals surface area contributed by atoms with Crippen molar-refractivity contribution < 1.29 is 29.0 Å². The molecule has 1 aromatic carbocycles. The number of primary amides is 1. The van der Waals surface area contributed by atoms with Gasteiger partial charge in [0.05, 0.1) is 6.42 Å². The Morgan fingerprint density at radius 2 is 1.71 bits per heavy atom. The fourth-order valence-electron chi connectivity index (χ4n) is 3.33. The first-order chi connectivity index (χ1) is 15.9. The predicted molar refractivity (Wildman–Crippen MR) is 128 cm³/mol. The third kappa shape index (κ3) is 9.68. The Kier molecular flexibility index (Phi) is 11.3. The molecule has 0 radical (unpaired) electrons. The van der Waals surface area contributed by atoms with Crippen LogP contribution in [0.3, 0.4) is 0 Å². The van der Waals surface area contributed by atoms with Gasteiger partial charge in [-0.25, -0.2) is 4.79 Å². The van der Waals surface area contributed by atoms with Crippen molar-refractivity contribution in [3.8, 4) is 5.75 Å². The number of likely N-dealkylation sites (N-methyl/N-ethyl adjacent to an activating group) is 1. The van der Waals surface area contributed by atoms with E-state index in [9.17, 15) is 24.3 Å². The fourth-order valence-corrected chi connectivity index (χ4v) is 3.33. The van der Waals surface area contributed by atoms with Crippen molar-refractivity contribution in [3.63, 3.8) is 0 Å². The molecule has 0 bridgehead atoms. The largest absolute Gasteiger partial charge is 0.508 e. The molecule has 34 heavy (non-hydrogen) atoms. The van der Waals surface area contributed by atoms with Crippen LogP contribution in [0.15, 0.2) is 24.3 Å². The molecule has 2 atom stereocenters. The van der Waals surface area contributed by atoms with Crippen molar-refractivity contribution in [1.29, 1.82) is 0 Å². The van der Waals surface area contributed by atoms with Crippen LogP contribution in [0.2, 0.25) is 0 Å². The number of ether oxygens (including phenoxy) is 1. The molecule has 2 unspecified atom stereocenters. The third-order valence-electron chi connectivity index (χ3n) is 4.87. The van der Waals surface area contributed by atoms with Gasteiger partial charge in [0, 0.05) is 13.1 Å². The fraction of sp³-hybridized carbons (Fsp3) is 0.583. The summed E-state index contributed by atoms with van der Waals surface area (Å²) in [4.78, 5) is 51.9. The molecule has 5 N–H and O–H groups in total. The molecule has 0 heterocycles. The van der Waals surface area contributed by atoms with Crippen LogP contribution in [0.4, 0.5) is 4.79 Å². The lowest BCUT2D eigenvalue weighted by molar-refractivity contribution is -0.143. The third-order valence-corrected chi connectivity index (χ3v) is 4.87. The number of carbonyl (C=O) groups is 4. The number of amides is 4. The van der Waals surface area contributed by atoms with E-state index < -0.39 is 47.9 Å². The monoisotopic (exact) mass is 478 g/mol. The Morgan fingerprint density at radius 1 is 1.09 bits per heavy atom. The normalized spacial score (nSPS) is 12.9. The first kappa shape index (κ1) is 28.7. The van der Waals surface area contributed by atoms with E-state index in [1.165, 1.54) is 17.0 Å². The van der Waals surface area contributed by atoms with E-state index >= 15 is 0 Å². The summed E-state index contributed by atoms with van der Waals surface area (Å²) in [6.07, 6.45) is 1.38. The van der Waals surface area contributed by atoms with Crippen LogP contribution in [0, 0.1) is 0 Å². The molecule has 0 saturated heterocycles. The van der Waals surface area contributed by atoms with Crippen LogP contribution < -0.4 is 16.4 Å². The number of phenols is 1. The molecule has 0 aromatic heterocycles. The van der Waals surface area contributed by atoms with Gasteiger partial charge in [-0.15, -0.1) is 0 Å². The molecule has 0 fully saturated rings. The quantitative estimate of drug-likeness (QED) is 0.339. The number of carbonyl (C=O) groups excluding carboxylic acids is 4. The number of benzene rings is 1. The lowest BCUT2D eigenvalue weighted by Gasteiger charge is -2.33. The number of hydrogen-bond acceptors (Lipinski definition) is 6. The topological polar surface area (TPSA) is 151 Å². The molecule has 190 valence electrons. The van der Waals surface area contributed by atoms with Gasteiger partial charge in [0.15, 0.2) is 0 Å². The Labute approximate surface area is 201 Å². The molecule has 0 saturated carbocycles. The Balaban J connectivity index is 3.26. The van der Waals surface area contributed by atoms with Crippen LogP contribution in [0.5, 0.6) is 5.75 Å².